The summed E-state index contributed by atoms with van der Waals surface area (Å²) >= 11 is 0. The van der Waals surface area contributed by atoms with E-state index in [2.05, 4.69) is 246 Å². The second-order valence-corrected chi connectivity index (χ2v) is 16.0. The predicted octanol–water partition coefficient (Wildman–Crippen LogP) is 16.8. The minimum atomic E-state index is 0.879. The monoisotopic (exact) mass is 804 g/mol. The summed E-state index contributed by atoms with van der Waals surface area (Å²) in [4.78, 5) is 2.43. The number of rotatable bonds is 8. The lowest BCUT2D eigenvalue weighted by Crippen LogP contribution is -2.13. The number of hydrogen-bond acceptors (Lipinski definition) is 2. The van der Waals surface area contributed by atoms with Crippen molar-refractivity contribution >= 4 is 60.8 Å². The third-order valence-corrected chi connectivity index (χ3v) is 12.4. The fraction of sp³-hybridized carbons (Fsp3) is 0. The molecule has 2 aromatic heterocycles. The fourth-order valence-electron chi connectivity index (χ4n) is 9.63. The summed E-state index contributed by atoms with van der Waals surface area (Å²) in [6.07, 6.45) is 0. The normalized spacial score (nSPS) is 11.5. The van der Waals surface area contributed by atoms with Crippen molar-refractivity contribution in [3.8, 4) is 50.2 Å². The Morgan fingerprint density at radius 1 is 0.302 bits per heavy atom. The predicted molar refractivity (Wildman–Crippen MR) is 264 cm³/mol. The first-order valence-electron chi connectivity index (χ1n) is 21.5. The topological polar surface area (TPSA) is 21.3 Å². The van der Waals surface area contributed by atoms with Crippen LogP contribution in [0, 0.1) is 0 Å². The maximum atomic E-state index is 6.70. The molecule has 0 saturated carbocycles. The van der Waals surface area contributed by atoms with Gasteiger partial charge in [-0.15, -0.1) is 0 Å². The molecule has 3 nitrogen and oxygen atoms in total. The molecule has 12 rings (SSSR count). The van der Waals surface area contributed by atoms with Crippen molar-refractivity contribution in [1.82, 2.24) is 4.57 Å². The summed E-state index contributed by atoms with van der Waals surface area (Å²) in [7, 11) is 0. The van der Waals surface area contributed by atoms with Crippen molar-refractivity contribution in [2.75, 3.05) is 4.90 Å². The van der Waals surface area contributed by atoms with Gasteiger partial charge >= 0.3 is 0 Å². The molecule has 0 radical (unpaired) electrons. The van der Waals surface area contributed by atoms with E-state index in [-0.39, 0.29) is 0 Å². The largest absolute Gasteiger partial charge is 0.455 e. The molecule has 3 heteroatoms. The zero-order chi connectivity index (χ0) is 41.7. The molecule has 0 aliphatic carbocycles. The maximum absolute atomic E-state index is 6.70. The van der Waals surface area contributed by atoms with E-state index in [1.165, 1.54) is 38.5 Å². The molecule has 0 atom stereocenters. The van der Waals surface area contributed by atoms with E-state index in [4.69, 9.17) is 4.42 Å². The number of para-hydroxylation sites is 7. The molecule has 0 spiro atoms. The highest BCUT2D eigenvalue weighted by Gasteiger charge is 2.24. The van der Waals surface area contributed by atoms with Crippen LogP contribution in [-0.2, 0) is 0 Å². The van der Waals surface area contributed by atoms with E-state index in [9.17, 15) is 0 Å². The van der Waals surface area contributed by atoms with Crippen LogP contribution in [0.15, 0.2) is 247 Å². The maximum Gasteiger partial charge on any atom is 0.143 e. The molecule has 12 aromatic rings. The van der Waals surface area contributed by atoms with Crippen molar-refractivity contribution in [3.63, 3.8) is 0 Å². The van der Waals surface area contributed by atoms with Gasteiger partial charge in [-0.1, -0.05) is 194 Å². The Morgan fingerprint density at radius 2 is 0.762 bits per heavy atom. The Bertz CT molecular complexity index is 3580. The second-order valence-electron chi connectivity index (χ2n) is 16.0. The molecule has 0 amide bonds. The van der Waals surface area contributed by atoms with Crippen LogP contribution in [0.25, 0.3) is 93.9 Å². The summed E-state index contributed by atoms with van der Waals surface area (Å²) < 4.78 is 9.12. The van der Waals surface area contributed by atoms with Gasteiger partial charge in [0.15, 0.2) is 0 Å². The van der Waals surface area contributed by atoms with E-state index in [0.717, 1.165) is 72.5 Å². The first-order valence-corrected chi connectivity index (χ1v) is 21.5. The Hall–Kier alpha value is -8.40. The van der Waals surface area contributed by atoms with Gasteiger partial charge in [0.05, 0.1) is 28.1 Å². The van der Waals surface area contributed by atoms with E-state index in [0.29, 0.717) is 0 Å². The second kappa shape index (κ2) is 15.3. The summed E-state index contributed by atoms with van der Waals surface area (Å²) in [6.45, 7) is 0. The van der Waals surface area contributed by atoms with Crippen molar-refractivity contribution < 1.29 is 4.42 Å². The molecular formula is C60H40N2O. The van der Waals surface area contributed by atoms with Crippen LogP contribution < -0.4 is 4.90 Å². The van der Waals surface area contributed by atoms with Gasteiger partial charge < -0.3 is 13.9 Å². The van der Waals surface area contributed by atoms with Crippen LogP contribution >= 0.6 is 0 Å². The Labute approximate surface area is 366 Å². The SMILES string of the molecule is c1ccc(-c2ccccc2-c2ccc(N(c3ccccc3-c3ccccc3-n3c4ccccc4c4ccccc43)c3ccccc3-c3cccc4c3oc3ccccc34)cc2)cc1. The van der Waals surface area contributed by atoms with E-state index in [1.54, 1.807) is 0 Å². The summed E-state index contributed by atoms with van der Waals surface area (Å²) in [5.74, 6) is 0. The van der Waals surface area contributed by atoms with E-state index < -0.39 is 0 Å². The quantitative estimate of drug-likeness (QED) is 0.153. The van der Waals surface area contributed by atoms with Crippen LogP contribution in [0.3, 0.4) is 0 Å². The van der Waals surface area contributed by atoms with E-state index in [1.807, 2.05) is 6.07 Å². The van der Waals surface area contributed by atoms with Gasteiger partial charge in [0.25, 0.3) is 0 Å². The summed E-state index contributed by atoms with van der Waals surface area (Å²) in [5.41, 5.74) is 17.5. The third kappa shape index (κ3) is 6.13. The van der Waals surface area contributed by atoms with Crippen LogP contribution in [0.1, 0.15) is 0 Å². The molecule has 0 aliphatic rings. The van der Waals surface area contributed by atoms with Crippen LogP contribution in [0.2, 0.25) is 0 Å². The zero-order valence-electron chi connectivity index (χ0n) is 34.4. The number of anilines is 3. The number of fused-ring (bicyclic) bond motifs is 6. The molecule has 0 fully saturated rings. The van der Waals surface area contributed by atoms with Crippen LogP contribution in [-0.4, -0.2) is 4.57 Å². The minimum absolute atomic E-state index is 0.879. The van der Waals surface area contributed by atoms with Gasteiger partial charge in [-0.2, -0.15) is 0 Å². The highest BCUT2D eigenvalue weighted by Crippen LogP contribution is 2.48. The van der Waals surface area contributed by atoms with Gasteiger partial charge in [-0.05, 0) is 70.8 Å². The van der Waals surface area contributed by atoms with Gasteiger partial charge in [0.1, 0.15) is 11.2 Å². The Kier molecular flexibility index (Phi) is 8.83. The Balaban J connectivity index is 1.09. The smallest absolute Gasteiger partial charge is 0.143 e. The number of aromatic nitrogens is 1. The first-order chi connectivity index (χ1) is 31.3. The minimum Gasteiger partial charge on any atom is -0.455 e. The number of hydrogen-bond donors (Lipinski definition) is 0. The van der Waals surface area contributed by atoms with Crippen molar-refractivity contribution in [2.45, 2.75) is 0 Å². The fourth-order valence-corrected chi connectivity index (χ4v) is 9.63. The number of benzene rings is 10. The molecule has 0 saturated heterocycles. The molecule has 2 heterocycles. The highest BCUT2D eigenvalue weighted by atomic mass is 16.3. The van der Waals surface area contributed by atoms with E-state index >= 15 is 0 Å². The van der Waals surface area contributed by atoms with Crippen molar-refractivity contribution in [1.29, 1.82) is 0 Å². The molecule has 296 valence electrons. The molecular weight excluding hydrogens is 765 g/mol. The average Bonchev–Trinajstić information content (AvgIpc) is 3.91. The van der Waals surface area contributed by atoms with Gasteiger partial charge in [-0.25, -0.2) is 0 Å². The molecule has 0 N–H and O–H groups in total. The summed E-state index contributed by atoms with van der Waals surface area (Å²) in [6, 6.07) is 87.1. The lowest BCUT2D eigenvalue weighted by Gasteiger charge is -2.30. The van der Waals surface area contributed by atoms with Crippen molar-refractivity contribution in [2.24, 2.45) is 0 Å². The van der Waals surface area contributed by atoms with Crippen molar-refractivity contribution in [3.05, 3.63) is 243 Å². The average molecular weight is 805 g/mol. The van der Waals surface area contributed by atoms with Gasteiger partial charge in [0, 0.05) is 49.5 Å². The van der Waals surface area contributed by atoms with Crippen LogP contribution in [0.5, 0.6) is 0 Å². The van der Waals surface area contributed by atoms with Crippen LogP contribution in [0.4, 0.5) is 17.1 Å². The standard InChI is InChI=1S/C60H40N2O/c1-2-19-41(20-3-1)44-21-4-5-22-45(44)42-37-39-43(40-38-42)61(55-32-13-10-27-50(55)52-29-18-30-53-51-28-11-17-36-59(51)63-60(52)53)54-31-12-6-23-46(54)47-24-7-14-33-56(47)62-57-34-15-8-25-48(57)49-26-9-16-35-58(49)62/h1-40H. The van der Waals surface area contributed by atoms with Gasteiger partial charge in [0.2, 0.25) is 0 Å². The zero-order valence-corrected chi connectivity index (χ0v) is 34.4. The molecule has 63 heavy (non-hydrogen) atoms. The number of furan rings is 1. The third-order valence-electron chi connectivity index (χ3n) is 12.4. The lowest BCUT2D eigenvalue weighted by molar-refractivity contribution is 0.670. The lowest BCUT2D eigenvalue weighted by atomic mass is 9.94. The Morgan fingerprint density at radius 3 is 1.43 bits per heavy atom. The molecule has 0 unspecified atom stereocenters. The number of nitrogens with zero attached hydrogens (tertiary/aromatic N) is 2. The highest BCUT2D eigenvalue weighted by molar-refractivity contribution is 6.12. The molecule has 0 bridgehead atoms. The first kappa shape index (κ1) is 36.5. The van der Waals surface area contributed by atoms with Gasteiger partial charge in [-0.3, -0.25) is 0 Å². The molecule has 0 aliphatic heterocycles. The molecule has 10 aromatic carbocycles. The summed E-state index contributed by atoms with van der Waals surface area (Å²) in [5, 5.41) is 4.69.